The van der Waals surface area contributed by atoms with Gasteiger partial charge in [-0.1, -0.05) is 33.1 Å². The zero-order valence-corrected chi connectivity index (χ0v) is 15.5. The highest BCUT2D eigenvalue weighted by Gasteiger charge is 2.52. The zero-order valence-electron chi connectivity index (χ0n) is 14.7. The number of unbranched alkanes of at least 4 members (excludes halogenated alkanes) is 3. The van der Waals surface area contributed by atoms with Gasteiger partial charge in [0.2, 0.25) is 5.91 Å². The summed E-state index contributed by atoms with van der Waals surface area (Å²) < 4.78 is 0. The van der Waals surface area contributed by atoms with Crippen molar-refractivity contribution in [3.05, 3.63) is 10.6 Å². The van der Waals surface area contributed by atoms with Crippen LogP contribution in [-0.4, -0.2) is 11.7 Å². The lowest BCUT2D eigenvalue weighted by atomic mass is 9.59. The van der Waals surface area contributed by atoms with Gasteiger partial charge >= 0.3 is 0 Å². The molecule has 0 radical (unpaired) electrons. The Hall–Kier alpha value is -1.46. The summed E-state index contributed by atoms with van der Waals surface area (Å²) in [5, 5.41) is 22.9. The molecular weight excluding hydrogens is 318 g/mol. The van der Waals surface area contributed by atoms with Gasteiger partial charge in [0.05, 0.1) is 22.7 Å². The molecule has 4 nitrogen and oxygen atoms in total. The number of allylic oxidation sites excluding steroid dienone is 1. The number of rotatable bonds is 6. The first kappa shape index (κ1) is 18.9. The van der Waals surface area contributed by atoms with E-state index in [9.17, 15) is 15.3 Å². The Labute approximate surface area is 149 Å². The normalized spacial score (nSPS) is 29.9. The van der Waals surface area contributed by atoms with E-state index < -0.39 is 11.3 Å². The SMILES string of the molecule is CCCCCCSC1=C(C#N)C2(CCC(C)CC2)[C@@H](C#N)C(=O)N1. The quantitative estimate of drug-likeness (QED) is 0.719. The Bertz CT molecular complexity index is 576. The zero-order chi connectivity index (χ0) is 17.6. The van der Waals surface area contributed by atoms with Gasteiger partial charge < -0.3 is 5.32 Å². The first-order chi connectivity index (χ1) is 11.6. The van der Waals surface area contributed by atoms with Crippen molar-refractivity contribution in [2.75, 3.05) is 5.75 Å². The van der Waals surface area contributed by atoms with Gasteiger partial charge in [0.1, 0.15) is 5.92 Å². The maximum absolute atomic E-state index is 12.5. The molecular formula is C19H27N3OS. The molecule has 1 saturated carbocycles. The standard InChI is InChI=1S/C19H27N3OS/c1-3-4-5-6-11-24-18-16(13-21)19(9-7-14(2)8-10-19)15(12-20)17(23)22-18/h14-15H,3-11H2,1-2H3,(H,22,23)/t14?,15-,19?/m0/s1. The number of hydrogen-bond donors (Lipinski definition) is 1. The van der Waals surface area contributed by atoms with Crippen LogP contribution in [0.25, 0.3) is 0 Å². The summed E-state index contributed by atoms with van der Waals surface area (Å²) >= 11 is 1.58. The third kappa shape index (κ3) is 3.78. The maximum Gasteiger partial charge on any atom is 0.243 e. The van der Waals surface area contributed by atoms with Crippen LogP contribution in [0.3, 0.4) is 0 Å². The minimum absolute atomic E-state index is 0.220. The van der Waals surface area contributed by atoms with Crippen molar-refractivity contribution in [1.82, 2.24) is 5.32 Å². The molecule has 1 N–H and O–H groups in total. The largest absolute Gasteiger partial charge is 0.319 e. The Morgan fingerprint density at radius 1 is 1.25 bits per heavy atom. The molecule has 24 heavy (non-hydrogen) atoms. The van der Waals surface area contributed by atoms with Crippen molar-refractivity contribution < 1.29 is 4.79 Å². The molecule has 1 spiro atoms. The fraction of sp³-hybridized carbons (Fsp3) is 0.737. The fourth-order valence-electron chi connectivity index (χ4n) is 3.84. The van der Waals surface area contributed by atoms with Crippen LogP contribution in [0.2, 0.25) is 0 Å². The van der Waals surface area contributed by atoms with Crippen molar-refractivity contribution in [3.8, 4) is 12.1 Å². The van der Waals surface area contributed by atoms with Crippen molar-refractivity contribution in [3.63, 3.8) is 0 Å². The predicted octanol–water partition coefficient (Wildman–Crippen LogP) is 4.50. The number of hydrogen-bond acceptors (Lipinski definition) is 4. The minimum Gasteiger partial charge on any atom is -0.319 e. The monoisotopic (exact) mass is 345 g/mol. The lowest BCUT2D eigenvalue weighted by Gasteiger charge is -2.44. The van der Waals surface area contributed by atoms with Crippen LogP contribution in [0.1, 0.15) is 65.2 Å². The predicted molar refractivity (Wildman–Crippen MR) is 96.5 cm³/mol. The van der Waals surface area contributed by atoms with E-state index in [4.69, 9.17) is 0 Å². The molecule has 0 aromatic heterocycles. The van der Waals surface area contributed by atoms with Gasteiger partial charge in [0.25, 0.3) is 0 Å². The molecule has 2 aliphatic rings. The summed E-state index contributed by atoms with van der Waals surface area (Å²) in [5.41, 5.74) is 0.0884. The molecule has 2 rings (SSSR count). The lowest BCUT2D eigenvalue weighted by Crippen LogP contribution is -2.49. The second-order valence-electron chi connectivity index (χ2n) is 7.12. The van der Waals surface area contributed by atoms with E-state index in [-0.39, 0.29) is 5.91 Å². The first-order valence-electron chi connectivity index (χ1n) is 9.07. The smallest absolute Gasteiger partial charge is 0.243 e. The third-order valence-corrected chi connectivity index (χ3v) is 6.52. The molecule has 1 fully saturated rings. The van der Waals surface area contributed by atoms with E-state index >= 15 is 0 Å². The number of nitrogens with one attached hydrogen (secondary N) is 1. The van der Waals surface area contributed by atoms with E-state index in [1.807, 2.05) is 0 Å². The fourth-order valence-corrected chi connectivity index (χ4v) is 4.96. The molecule has 1 aliphatic carbocycles. The molecule has 0 aromatic rings. The highest BCUT2D eigenvalue weighted by Crippen LogP contribution is 2.53. The molecule has 1 aliphatic heterocycles. The second-order valence-corrected chi connectivity index (χ2v) is 8.22. The summed E-state index contributed by atoms with van der Waals surface area (Å²) in [7, 11) is 0. The third-order valence-electron chi connectivity index (χ3n) is 5.43. The van der Waals surface area contributed by atoms with Gasteiger partial charge in [-0.15, -0.1) is 11.8 Å². The van der Waals surface area contributed by atoms with Gasteiger partial charge in [-0.05, 0) is 43.8 Å². The summed E-state index contributed by atoms with van der Waals surface area (Å²) in [6, 6.07) is 4.55. The summed E-state index contributed by atoms with van der Waals surface area (Å²) in [6.07, 6.45) is 8.16. The number of amides is 1. The van der Waals surface area contributed by atoms with E-state index in [1.165, 1.54) is 19.3 Å². The van der Waals surface area contributed by atoms with Gasteiger partial charge in [0, 0.05) is 5.41 Å². The number of carbonyl (C=O) groups is 1. The highest BCUT2D eigenvalue weighted by molar-refractivity contribution is 8.03. The van der Waals surface area contributed by atoms with Gasteiger partial charge in [0.15, 0.2) is 0 Å². The number of carbonyl (C=O) groups excluding carboxylic acids is 1. The van der Waals surface area contributed by atoms with Crippen LogP contribution in [0.5, 0.6) is 0 Å². The summed E-state index contributed by atoms with van der Waals surface area (Å²) in [5.74, 6) is 0.557. The summed E-state index contributed by atoms with van der Waals surface area (Å²) in [6.45, 7) is 4.39. The molecule has 0 unspecified atom stereocenters. The van der Waals surface area contributed by atoms with Crippen LogP contribution in [0.4, 0.5) is 0 Å². The van der Waals surface area contributed by atoms with Crippen LogP contribution in [-0.2, 0) is 4.79 Å². The Morgan fingerprint density at radius 3 is 2.54 bits per heavy atom. The van der Waals surface area contributed by atoms with Crippen molar-refractivity contribution >= 4 is 17.7 Å². The molecule has 1 atom stereocenters. The average molecular weight is 346 g/mol. The molecule has 1 amide bonds. The van der Waals surface area contributed by atoms with Crippen LogP contribution >= 0.6 is 11.8 Å². The summed E-state index contributed by atoms with van der Waals surface area (Å²) in [4.78, 5) is 12.5. The van der Waals surface area contributed by atoms with Crippen molar-refractivity contribution in [2.24, 2.45) is 17.3 Å². The molecule has 5 heteroatoms. The number of nitrogens with zero attached hydrogens (tertiary/aromatic N) is 2. The van der Waals surface area contributed by atoms with E-state index in [0.29, 0.717) is 16.5 Å². The van der Waals surface area contributed by atoms with Crippen molar-refractivity contribution in [2.45, 2.75) is 65.2 Å². The number of nitriles is 2. The Balaban J connectivity index is 2.24. The van der Waals surface area contributed by atoms with E-state index in [0.717, 1.165) is 37.9 Å². The lowest BCUT2D eigenvalue weighted by molar-refractivity contribution is -0.127. The van der Waals surface area contributed by atoms with Gasteiger partial charge in [-0.3, -0.25) is 4.79 Å². The van der Waals surface area contributed by atoms with Crippen LogP contribution < -0.4 is 5.32 Å². The Kier molecular flexibility index (Phi) is 6.75. The molecule has 0 aromatic carbocycles. The highest BCUT2D eigenvalue weighted by atomic mass is 32.2. The van der Waals surface area contributed by atoms with E-state index in [1.54, 1.807) is 11.8 Å². The second kappa shape index (κ2) is 8.58. The minimum atomic E-state index is -0.732. The topological polar surface area (TPSA) is 76.7 Å². The van der Waals surface area contributed by atoms with Crippen LogP contribution in [0, 0.1) is 39.9 Å². The molecule has 0 bridgehead atoms. The molecule has 1 heterocycles. The average Bonchev–Trinajstić information content (AvgIpc) is 2.57. The van der Waals surface area contributed by atoms with Crippen molar-refractivity contribution in [1.29, 1.82) is 10.5 Å². The molecule has 130 valence electrons. The number of thioether (sulfide) groups is 1. The molecule has 0 saturated heterocycles. The maximum atomic E-state index is 12.5. The van der Waals surface area contributed by atoms with Crippen LogP contribution in [0.15, 0.2) is 10.6 Å². The van der Waals surface area contributed by atoms with E-state index in [2.05, 4.69) is 31.3 Å². The first-order valence-corrected chi connectivity index (χ1v) is 10.1. The van der Waals surface area contributed by atoms with Gasteiger partial charge in [-0.25, -0.2) is 0 Å². The Morgan fingerprint density at radius 2 is 1.96 bits per heavy atom. The van der Waals surface area contributed by atoms with Gasteiger partial charge in [-0.2, -0.15) is 10.5 Å².